The lowest BCUT2D eigenvalue weighted by Gasteiger charge is -2.37. The Labute approximate surface area is 229 Å². The predicted molar refractivity (Wildman–Crippen MR) is 141 cm³/mol. The first-order chi connectivity index (χ1) is 18.2. The summed E-state index contributed by atoms with van der Waals surface area (Å²) in [4.78, 5) is 55.3. The van der Waals surface area contributed by atoms with Crippen molar-refractivity contribution >= 4 is 58.3 Å². The second kappa shape index (κ2) is 8.42. The summed E-state index contributed by atoms with van der Waals surface area (Å²) in [5.74, 6) is -0.535. The summed E-state index contributed by atoms with van der Waals surface area (Å²) in [5.41, 5.74) is 1.65. The van der Waals surface area contributed by atoms with Crippen LogP contribution in [0.4, 0.5) is 11.4 Å². The molecular weight excluding hydrogens is 527 g/mol. The van der Waals surface area contributed by atoms with Gasteiger partial charge in [0, 0.05) is 18.0 Å². The first-order valence-electron chi connectivity index (χ1n) is 12.9. The van der Waals surface area contributed by atoms with Crippen molar-refractivity contribution in [3.05, 3.63) is 64.2 Å². The smallest absolute Gasteiger partial charge is 0.316 e. The molecule has 2 saturated carbocycles. The molecule has 0 aromatic heterocycles. The van der Waals surface area contributed by atoms with Gasteiger partial charge in [0.1, 0.15) is 5.75 Å². The SMILES string of the molecule is Cc1cc(OC(=O)[C@@H]2CC(=O)N(c3cc(Cl)ccc3Cl)C2)ccc1N1C(=O)[C@@H]2[C@H]3C=C[C@@H]([C@@H]4C[C@H]34)[C@H]2C1=O. The zero-order chi connectivity index (χ0) is 26.5. The van der Waals surface area contributed by atoms with Gasteiger partial charge in [0.25, 0.3) is 0 Å². The molecule has 8 rings (SSSR count). The van der Waals surface area contributed by atoms with Crippen LogP contribution < -0.4 is 14.5 Å². The van der Waals surface area contributed by atoms with Crippen LogP contribution in [0.1, 0.15) is 18.4 Å². The molecule has 2 bridgehead atoms. The molecule has 2 aromatic rings. The van der Waals surface area contributed by atoms with Crippen molar-refractivity contribution in [2.75, 3.05) is 16.3 Å². The van der Waals surface area contributed by atoms with Crippen LogP contribution in [-0.4, -0.2) is 30.2 Å². The fraction of sp³-hybridized carbons (Fsp3) is 0.379. The fourth-order valence-electron chi connectivity index (χ4n) is 7.13. The average Bonchev–Trinajstić information content (AvgIpc) is 3.57. The Morgan fingerprint density at radius 2 is 1.61 bits per heavy atom. The van der Waals surface area contributed by atoms with Gasteiger partial charge in [0.2, 0.25) is 17.7 Å². The van der Waals surface area contributed by atoms with Gasteiger partial charge in [-0.05, 0) is 79.0 Å². The van der Waals surface area contributed by atoms with Crippen molar-refractivity contribution in [2.45, 2.75) is 19.8 Å². The number of ether oxygens (including phenoxy) is 1. The lowest BCUT2D eigenvalue weighted by atomic mass is 9.63. The quantitative estimate of drug-likeness (QED) is 0.236. The third-order valence-corrected chi connectivity index (χ3v) is 9.50. The number of carbonyl (C=O) groups is 4. The molecule has 2 aliphatic heterocycles. The molecule has 194 valence electrons. The minimum atomic E-state index is -0.670. The number of imide groups is 1. The highest BCUT2D eigenvalue weighted by molar-refractivity contribution is 6.36. The van der Waals surface area contributed by atoms with Gasteiger partial charge >= 0.3 is 5.97 Å². The topological polar surface area (TPSA) is 84.0 Å². The second-order valence-electron chi connectivity index (χ2n) is 11.0. The highest BCUT2D eigenvalue weighted by Crippen LogP contribution is 2.65. The largest absolute Gasteiger partial charge is 0.426 e. The van der Waals surface area contributed by atoms with Crippen LogP contribution in [0.3, 0.4) is 0 Å². The van der Waals surface area contributed by atoms with Crippen LogP contribution in [0.25, 0.3) is 0 Å². The molecule has 2 aromatic carbocycles. The maximum Gasteiger partial charge on any atom is 0.316 e. The Morgan fingerprint density at radius 3 is 2.26 bits per heavy atom. The van der Waals surface area contributed by atoms with Crippen LogP contribution in [0.2, 0.25) is 10.0 Å². The standard InChI is InChI=1S/C29H24Cl2N2O5/c1-13-8-16(38-29(37)14-9-24(34)32(12-14)23-10-15(30)2-6-21(23)31)3-7-22(13)33-27(35)25-17-4-5-18(20-11-19(17)20)26(25)28(33)36/h2-8,10,14,17-20,25-26H,9,11-12H2,1H3/t14-,17+,18+,19-,20+,25-,26-/m1/s1. The normalized spacial score (nSPS) is 32.6. The molecule has 4 fully saturated rings. The molecule has 7 atom stereocenters. The van der Waals surface area contributed by atoms with E-state index >= 15 is 0 Å². The molecule has 0 unspecified atom stereocenters. The highest BCUT2D eigenvalue weighted by atomic mass is 35.5. The number of carbonyl (C=O) groups excluding carboxylic acids is 4. The zero-order valence-electron chi connectivity index (χ0n) is 20.5. The van der Waals surface area contributed by atoms with Crippen LogP contribution >= 0.6 is 23.2 Å². The first kappa shape index (κ1) is 23.9. The molecule has 38 heavy (non-hydrogen) atoms. The number of amides is 3. The summed E-state index contributed by atoms with van der Waals surface area (Å²) in [6.45, 7) is 1.92. The highest BCUT2D eigenvalue weighted by Gasteiger charge is 2.67. The van der Waals surface area contributed by atoms with Crippen LogP contribution in [0, 0.1) is 48.3 Å². The van der Waals surface area contributed by atoms with E-state index in [0.717, 1.165) is 6.42 Å². The molecule has 4 aliphatic carbocycles. The predicted octanol–water partition coefficient (Wildman–Crippen LogP) is 4.82. The summed E-state index contributed by atoms with van der Waals surface area (Å²) in [6.07, 6.45) is 5.42. The molecular formula is C29H24Cl2N2O5. The molecule has 7 nitrogen and oxygen atoms in total. The van der Waals surface area contributed by atoms with Gasteiger partial charge < -0.3 is 9.64 Å². The summed E-state index contributed by atoms with van der Waals surface area (Å²) < 4.78 is 5.62. The summed E-state index contributed by atoms with van der Waals surface area (Å²) >= 11 is 12.3. The maximum atomic E-state index is 13.4. The van der Waals surface area contributed by atoms with Crippen molar-refractivity contribution in [1.29, 1.82) is 0 Å². The van der Waals surface area contributed by atoms with Crippen LogP contribution in [0.5, 0.6) is 5.75 Å². The molecule has 6 aliphatic rings. The van der Waals surface area contributed by atoms with E-state index in [1.54, 1.807) is 43.3 Å². The summed E-state index contributed by atoms with van der Waals surface area (Å²) in [5, 5.41) is 0.809. The van der Waals surface area contributed by atoms with E-state index in [9.17, 15) is 19.2 Å². The summed E-state index contributed by atoms with van der Waals surface area (Å²) in [6, 6.07) is 9.75. The Kier molecular flexibility index (Phi) is 5.30. The molecule has 2 heterocycles. The van der Waals surface area contributed by atoms with E-state index in [1.807, 2.05) is 0 Å². The Bertz CT molecular complexity index is 1430. The zero-order valence-corrected chi connectivity index (χ0v) is 22.0. The monoisotopic (exact) mass is 550 g/mol. The Balaban J connectivity index is 1.07. The number of nitrogens with zero attached hydrogens (tertiary/aromatic N) is 2. The second-order valence-corrected chi connectivity index (χ2v) is 11.9. The molecule has 0 N–H and O–H groups in total. The van der Waals surface area contributed by atoms with Gasteiger partial charge in [0.05, 0.1) is 34.2 Å². The fourth-order valence-corrected chi connectivity index (χ4v) is 7.51. The van der Waals surface area contributed by atoms with E-state index in [2.05, 4.69) is 12.2 Å². The Morgan fingerprint density at radius 1 is 0.921 bits per heavy atom. The molecule has 0 radical (unpaired) electrons. The molecule has 0 spiro atoms. The number of allylic oxidation sites excluding steroid dienone is 2. The number of halogens is 2. The van der Waals surface area contributed by atoms with Crippen molar-refractivity contribution < 1.29 is 23.9 Å². The van der Waals surface area contributed by atoms with Crippen LogP contribution in [-0.2, 0) is 19.2 Å². The lowest BCUT2D eigenvalue weighted by Crippen LogP contribution is -2.40. The third kappa shape index (κ3) is 3.48. The lowest BCUT2D eigenvalue weighted by molar-refractivity contribution is -0.139. The van der Waals surface area contributed by atoms with Crippen molar-refractivity contribution in [3.8, 4) is 5.75 Å². The number of rotatable bonds is 4. The van der Waals surface area contributed by atoms with E-state index in [4.69, 9.17) is 27.9 Å². The van der Waals surface area contributed by atoms with E-state index in [1.165, 1.54) is 9.80 Å². The third-order valence-electron chi connectivity index (χ3n) is 8.95. The summed E-state index contributed by atoms with van der Waals surface area (Å²) in [7, 11) is 0. The minimum absolute atomic E-state index is 0.00332. The van der Waals surface area contributed by atoms with Gasteiger partial charge in [-0.25, -0.2) is 4.90 Å². The molecule has 9 heteroatoms. The van der Waals surface area contributed by atoms with Gasteiger partial charge in [-0.15, -0.1) is 0 Å². The van der Waals surface area contributed by atoms with Crippen molar-refractivity contribution in [3.63, 3.8) is 0 Å². The molecule has 3 amide bonds. The number of hydrogen-bond acceptors (Lipinski definition) is 5. The number of anilines is 2. The van der Waals surface area contributed by atoms with Gasteiger partial charge in [-0.2, -0.15) is 0 Å². The molecule has 2 saturated heterocycles. The maximum absolute atomic E-state index is 13.4. The number of aryl methyl sites for hydroxylation is 1. The van der Waals surface area contributed by atoms with E-state index in [0.29, 0.717) is 44.6 Å². The Hall–Kier alpha value is -3.16. The van der Waals surface area contributed by atoms with Gasteiger partial charge in [-0.3, -0.25) is 19.2 Å². The van der Waals surface area contributed by atoms with Crippen molar-refractivity contribution in [1.82, 2.24) is 0 Å². The minimum Gasteiger partial charge on any atom is -0.426 e. The van der Waals surface area contributed by atoms with Gasteiger partial charge in [0.15, 0.2) is 0 Å². The van der Waals surface area contributed by atoms with E-state index in [-0.39, 0.29) is 54.4 Å². The number of benzene rings is 2. The number of hydrogen-bond donors (Lipinski definition) is 0. The van der Waals surface area contributed by atoms with Crippen LogP contribution in [0.15, 0.2) is 48.6 Å². The number of esters is 1. The van der Waals surface area contributed by atoms with Gasteiger partial charge in [-0.1, -0.05) is 35.4 Å². The van der Waals surface area contributed by atoms with E-state index < -0.39 is 11.9 Å². The first-order valence-corrected chi connectivity index (χ1v) is 13.6. The van der Waals surface area contributed by atoms with Crippen molar-refractivity contribution in [2.24, 2.45) is 41.4 Å². The average molecular weight is 551 g/mol.